The Kier molecular flexibility index (Phi) is 3.63. The molecule has 0 heterocycles. The van der Waals surface area contributed by atoms with E-state index in [1.165, 1.54) is 32.1 Å². The van der Waals surface area contributed by atoms with Gasteiger partial charge in [0.25, 0.3) is 0 Å². The van der Waals surface area contributed by atoms with Crippen LogP contribution in [0, 0.1) is 16.7 Å². The van der Waals surface area contributed by atoms with Gasteiger partial charge in [-0.3, -0.25) is 4.79 Å². The van der Waals surface area contributed by atoms with E-state index in [2.05, 4.69) is 27.7 Å². The van der Waals surface area contributed by atoms with Gasteiger partial charge in [0.15, 0.2) is 0 Å². The van der Waals surface area contributed by atoms with Crippen molar-refractivity contribution in [2.75, 3.05) is 0 Å². The van der Waals surface area contributed by atoms with Crippen LogP contribution in [-0.2, 0) is 4.79 Å². The maximum absolute atomic E-state index is 11.9. The minimum absolute atomic E-state index is 0.151. The number of rotatable bonds is 3. The molecule has 0 atom stereocenters. The van der Waals surface area contributed by atoms with Crippen molar-refractivity contribution >= 4 is 5.78 Å². The van der Waals surface area contributed by atoms with E-state index >= 15 is 0 Å². The third-order valence-electron chi connectivity index (χ3n) is 4.98. The Hall–Kier alpha value is -0.330. The van der Waals surface area contributed by atoms with E-state index in [0.717, 1.165) is 0 Å². The summed E-state index contributed by atoms with van der Waals surface area (Å²) in [6.45, 7) is 10.6. The van der Waals surface area contributed by atoms with Crippen molar-refractivity contribution in [2.24, 2.45) is 16.7 Å². The zero-order chi connectivity index (χ0) is 11.7. The molecule has 1 heteroatoms. The van der Waals surface area contributed by atoms with Crippen molar-refractivity contribution in [3.05, 3.63) is 0 Å². The van der Waals surface area contributed by atoms with Crippen molar-refractivity contribution in [1.29, 1.82) is 0 Å². The Balaban J connectivity index is 3.04. The fourth-order valence-corrected chi connectivity index (χ4v) is 3.46. The molecule has 0 aromatic rings. The highest BCUT2D eigenvalue weighted by molar-refractivity contribution is 5.82. The Morgan fingerprint density at radius 2 is 1.60 bits per heavy atom. The number of Topliss-reactive ketones (excluding diaryl/α,β-unsaturated/α-hetero) is 1. The second-order valence-corrected chi connectivity index (χ2v) is 6.05. The van der Waals surface area contributed by atoms with E-state index < -0.39 is 0 Å². The van der Waals surface area contributed by atoms with Crippen LogP contribution in [0.25, 0.3) is 0 Å². The van der Waals surface area contributed by atoms with Crippen LogP contribution < -0.4 is 0 Å². The number of ketones is 1. The predicted octanol–water partition coefficient (Wildman–Crippen LogP) is 4.21. The average molecular weight is 210 g/mol. The summed E-state index contributed by atoms with van der Waals surface area (Å²) in [5, 5.41) is 0. The van der Waals surface area contributed by atoms with Crippen molar-refractivity contribution in [3.63, 3.8) is 0 Å². The summed E-state index contributed by atoms with van der Waals surface area (Å²) in [5.74, 6) is 0.967. The van der Waals surface area contributed by atoms with Crippen LogP contribution in [0.5, 0.6) is 0 Å². The molecule has 15 heavy (non-hydrogen) atoms. The second kappa shape index (κ2) is 4.27. The predicted molar refractivity (Wildman–Crippen MR) is 64.8 cm³/mol. The van der Waals surface area contributed by atoms with Crippen LogP contribution >= 0.6 is 0 Å². The molecular formula is C14H26O. The standard InChI is InChI=1S/C14H26O/c1-11(2)14(9-7-6-8-10-14)13(4,5)12(3)15/h11H,6-10H2,1-5H3. The third kappa shape index (κ3) is 1.98. The quantitative estimate of drug-likeness (QED) is 0.682. The van der Waals surface area contributed by atoms with Crippen LogP contribution in [0.4, 0.5) is 0 Å². The van der Waals surface area contributed by atoms with E-state index in [1.54, 1.807) is 6.92 Å². The normalized spacial score (nSPS) is 21.7. The molecule has 1 rings (SSSR count). The van der Waals surface area contributed by atoms with Gasteiger partial charge in [-0.15, -0.1) is 0 Å². The van der Waals surface area contributed by atoms with E-state index in [0.29, 0.717) is 11.7 Å². The molecule has 0 unspecified atom stereocenters. The molecule has 1 aliphatic rings. The third-order valence-corrected chi connectivity index (χ3v) is 4.98. The molecule has 1 nitrogen and oxygen atoms in total. The Bertz CT molecular complexity index is 232. The Labute approximate surface area is 94.6 Å². The number of carbonyl (C=O) groups is 1. The minimum Gasteiger partial charge on any atom is -0.299 e. The van der Waals surface area contributed by atoms with Gasteiger partial charge in [-0.2, -0.15) is 0 Å². The SMILES string of the molecule is CC(=O)C(C)(C)C1(C(C)C)CCCCC1. The molecule has 0 spiro atoms. The van der Waals surface area contributed by atoms with Crippen molar-refractivity contribution in [2.45, 2.75) is 66.7 Å². The van der Waals surface area contributed by atoms with Gasteiger partial charge < -0.3 is 0 Å². The van der Waals surface area contributed by atoms with Gasteiger partial charge in [0.1, 0.15) is 5.78 Å². The van der Waals surface area contributed by atoms with Gasteiger partial charge in [-0.25, -0.2) is 0 Å². The smallest absolute Gasteiger partial charge is 0.135 e. The zero-order valence-corrected chi connectivity index (χ0v) is 11.0. The molecule has 0 aromatic carbocycles. The Morgan fingerprint density at radius 3 is 1.93 bits per heavy atom. The first-order valence-electron chi connectivity index (χ1n) is 6.35. The van der Waals surface area contributed by atoms with Gasteiger partial charge in [0.05, 0.1) is 0 Å². The summed E-state index contributed by atoms with van der Waals surface area (Å²) in [5.41, 5.74) is 0.0959. The van der Waals surface area contributed by atoms with E-state index in [1.807, 2.05) is 0 Å². The van der Waals surface area contributed by atoms with Gasteiger partial charge >= 0.3 is 0 Å². The lowest BCUT2D eigenvalue weighted by Gasteiger charge is -2.51. The largest absolute Gasteiger partial charge is 0.299 e. The van der Waals surface area contributed by atoms with Crippen molar-refractivity contribution in [3.8, 4) is 0 Å². The van der Waals surface area contributed by atoms with Gasteiger partial charge in [0.2, 0.25) is 0 Å². The summed E-state index contributed by atoms with van der Waals surface area (Å²) >= 11 is 0. The maximum Gasteiger partial charge on any atom is 0.135 e. The monoisotopic (exact) mass is 210 g/mol. The lowest BCUT2D eigenvalue weighted by atomic mass is 9.52. The van der Waals surface area contributed by atoms with E-state index in [-0.39, 0.29) is 10.8 Å². The van der Waals surface area contributed by atoms with Gasteiger partial charge in [-0.1, -0.05) is 47.0 Å². The van der Waals surface area contributed by atoms with E-state index in [9.17, 15) is 4.79 Å². The molecule has 0 saturated heterocycles. The fraction of sp³-hybridized carbons (Fsp3) is 0.929. The van der Waals surface area contributed by atoms with Crippen LogP contribution in [-0.4, -0.2) is 5.78 Å². The molecule has 0 N–H and O–H groups in total. The summed E-state index contributed by atoms with van der Waals surface area (Å²) in [6, 6.07) is 0. The Morgan fingerprint density at radius 1 is 1.13 bits per heavy atom. The molecule has 0 aliphatic heterocycles. The van der Waals surface area contributed by atoms with Crippen LogP contribution in [0.15, 0.2) is 0 Å². The minimum atomic E-state index is -0.151. The lowest BCUT2D eigenvalue weighted by Crippen LogP contribution is -2.47. The second-order valence-electron chi connectivity index (χ2n) is 6.05. The molecule has 1 saturated carbocycles. The molecule has 1 aliphatic carbocycles. The number of hydrogen-bond donors (Lipinski definition) is 0. The van der Waals surface area contributed by atoms with Gasteiger partial charge in [0, 0.05) is 5.41 Å². The fourth-order valence-electron chi connectivity index (χ4n) is 3.46. The number of hydrogen-bond acceptors (Lipinski definition) is 1. The topological polar surface area (TPSA) is 17.1 Å². The highest BCUT2D eigenvalue weighted by Gasteiger charge is 2.49. The first-order valence-corrected chi connectivity index (χ1v) is 6.35. The van der Waals surface area contributed by atoms with Crippen LogP contribution in [0.3, 0.4) is 0 Å². The number of carbonyl (C=O) groups excluding carboxylic acids is 1. The highest BCUT2D eigenvalue weighted by atomic mass is 16.1. The van der Waals surface area contributed by atoms with Crippen LogP contribution in [0.2, 0.25) is 0 Å². The maximum atomic E-state index is 11.9. The average Bonchev–Trinajstić information content (AvgIpc) is 2.18. The summed E-state index contributed by atoms with van der Waals surface area (Å²) in [4.78, 5) is 11.9. The van der Waals surface area contributed by atoms with Crippen LogP contribution in [0.1, 0.15) is 66.7 Å². The first-order chi connectivity index (χ1) is 6.84. The molecule has 88 valence electrons. The molecular weight excluding hydrogens is 184 g/mol. The first kappa shape index (κ1) is 12.7. The zero-order valence-electron chi connectivity index (χ0n) is 11.0. The molecule has 0 radical (unpaired) electrons. The summed E-state index contributed by atoms with van der Waals surface area (Å²) in [7, 11) is 0. The molecule has 0 aromatic heterocycles. The van der Waals surface area contributed by atoms with Gasteiger partial charge in [-0.05, 0) is 31.1 Å². The summed E-state index contributed by atoms with van der Waals surface area (Å²) < 4.78 is 0. The molecule has 0 amide bonds. The summed E-state index contributed by atoms with van der Waals surface area (Å²) in [6.07, 6.45) is 6.42. The lowest BCUT2D eigenvalue weighted by molar-refractivity contribution is -0.137. The highest BCUT2D eigenvalue weighted by Crippen LogP contribution is 2.54. The molecule has 0 bridgehead atoms. The van der Waals surface area contributed by atoms with Crippen molar-refractivity contribution in [1.82, 2.24) is 0 Å². The molecule has 1 fully saturated rings. The van der Waals surface area contributed by atoms with Crippen molar-refractivity contribution < 1.29 is 4.79 Å². The van der Waals surface area contributed by atoms with E-state index in [4.69, 9.17) is 0 Å².